The van der Waals surface area contributed by atoms with Crippen molar-refractivity contribution in [1.82, 2.24) is 10.0 Å². The summed E-state index contributed by atoms with van der Waals surface area (Å²) >= 11 is 0. The van der Waals surface area contributed by atoms with Crippen molar-refractivity contribution in [3.63, 3.8) is 0 Å². The molecule has 0 aromatic rings. The highest BCUT2D eigenvalue weighted by Gasteiger charge is 2.32. The monoisotopic (exact) mass is 141 g/mol. The van der Waals surface area contributed by atoms with E-state index in [0.717, 1.165) is 5.96 Å². The second-order valence-electron chi connectivity index (χ2n) is 3.63. The third-order valence-corrected chi connectivity index (χ3v) is 1.42. The lowest BCUT2D eigenvalue weighted by Crippen LogP contribution is -2.11. The minimum atomic E-state index is 0.0500. The van der Waals surface area contributed by atoms with Gasteiger partial charge in [-0.25, -0.2) is 4.99 Å². The summed E-state index contributed by atoms with van der Waals surface area (Å²) < 4.78 is 0. The Hall–Kier alpha value is -0.730. The minimum Gasteiger partial charge on any atom is -0.253 e. The molecule has 0 aromatic heterocycles. The van der Waals surface area contributed by atoms with Crippen LogP contribution in [-0.4, -0.2) is 35.6 Å². The normalized spacial score (nSPS) is 17.9. The first-order valence-corrected chi connectivity index (χ1v) is 3.49. The molecule has 0 aliphatic carbocycles. The molecule has 1 rings (SSSR count). The summed E-state index contributed by atoms with van der Waals surface area (Å²) in [6.45, 7) is 6.29. The van der Waals surface area contributed by atoms with Crippen LogP contribution >= 0.6 is 0 Å². The smallest absolute Gasteiger partial charge is 0.235 e. The van der Waals surface area contributed by atoms with Crippen molar-refractivity contribution in [3.05, 3.63) is 0 Å². The summed E-state index contributed by atoms with van der Waals surface area (Å²) in [5, 5.41) is 4.04. The minimum absolute atomic E-state index is 0.0500. The van der Waals surface area contributed by atoms with Gasteiger partial charge in [-0.1, -0.05) is 0 Å². The van der Waals surface area contributed by atoms with Gasteiger partial charge < -0.3 is 0 Å². The number of guanidine groups is 1. The average molecular weight is 141 g/mol. The van der Waals surface area contributed by atoms with Crippen LogP contribution in [0, 0.1) is 0 Å². The van der Waals surface area contributed by atoms with E-state index in [1.165, 1.54) is 0 Å². The Morgan fingerprint density at radius 1 is 1.10 bits per heavy atom. The molecule has 0 radical (unpaired) electrons. The van der Waals surface area contributed by atoms with Crippen molar-refractivity contribution in [2.45, 2.75) is 26.3 Å². The first kappa shape index (κ1) is 7.38. The van der Waals surface area contributed by atoms with Gasteiger partial charge in [0.25, 0.3) is 0 Å². The Balaban J connectivity index is 2.60. The van der Waals surface area contributed by atoms with Crippen LogP contribution in [0.4, 0.5) is 0 Å². The average Bonchev–Trinajstić information content (AvgIpc) is 2.19. The van der Waals surface area contributed by atoms with Gasteiger partial charge >= 0.3 is 0 Å². The zero-order chi connectivity index (χ0) is 7.94. The van der Waals surface area contributed by atoms with Gasteiger partial charge in [-0.15, -0.1) is 0 Å². The fourth-order valence-corrected chi connectivity index (χ4v) is 0.746. The third kappa shape index (κ3) is 1.40. The zero-order valence-electron chi connectivity index (χ0n) is 7.34. The Morgan fingerprint density at radius 2 is 1.50 bits per heavy atom. The number of aliphatic imine (C=N–C) groups is 1. The molecule has 0 unspecified atom stereocenters. The van der Waals surface area contributed by atoms with E-state index in [1.807, 2.05) is 24.1 Å². The van der Waals surface area contributed by atoms with Crippen molar-refractivity contribution in [2.75, 3.05) is 14.1 Å². The first-order valence-electron chi connectivity index (χ1n) is 3.49. The summed E-state index contributed by atoms with van der Waals surface area (Å²) in [4.78, 5) is 4.45. The Bertz CT molecular complexity index is 156. The maximum Gasteiger partial charge on any atom is 0.235 e. The molecule has 0 aromatic carbocycles. The van der Waals surface area contributed by atoms with E-state index in [2.05, 4.69) is 25.8 Å². The summed E-state index contributed by atoms with van der Waals surface area (Å²) in [5.41, 5.74) is 0.0500. The largest absolute Gasteiger partial charge is 0.253 e. The van der Waals surface area contributed by atoms with Crippen LogP contribution in [0.25, 0.3) is 0 Å². The summed E-state index contributed by atoms with van der Waals surface area (Å²) in [6.07, 6.45) is 0. The maximum atomic E-state index is 4.45. The molecule has 0 N–H and O–H groups in total. The molecule has 3 nitrogen and oxygen atoms in total. The van der Waals surface area contributed by atoms with Gasteiger partial charge in [0.2, 0.25) is 5.96 Å². The molecule has 1 aliphatic heterocycles. The molecule has 10 heavy (non-hydrogen) atoms. The van der Waals surface area contributed by atoms with Crippen LogP contribution in [0.2, 0.25) is 0 Å². The summed E-state index contributed by atoms with van der Waals surface area (Å²) in [6, 6.07) is 0. The lowest BCUT2D eigenvalue weighted by Gasteiger charge is -2.08. The van der Waals surface area contributed by atoms with Crippen molar-refractivity contribution < 1.29 is 0 Å². The van der Waals surface area contributed by atoms with Gasteiger partial charge in [0.05, 0.1) is 5.54 Å². The third-order valence-electron chi connectivity index (χ3n) is 1.42. The quantitative estimate of drug-likeness (QED) is 0.467. The summed E-state index contributed by atoms with van der Waals surface area (Å²) in [7, 11) is 4.01. The van der Waals surface area contributed by atoms with Crippen molar-refractivity contribution >= 4 is 5.96 Å². The van der Waals surface area contributed by atoms with Gasteiger partial charge in [-0.3, -0.25) is 10.0 Å². The number of rotatable bonds is 0. The standard InChI is InChI=1S/C7H15N3/c1-7(2,3)8-6-9(4)10(6)5/h1-5H3. The van der Waals surface area contributed by atoms with Crippen LogP contribution in [0.1, 0.15) is 20.8 Å². The van der Waals surface area contributed by atoms with E-state index >= 15 is 0 Å². The molecule has 0 spiro atoms. The number of hydrazine groups is 1. The molecule has 1 fully saturated rings. The molecule has 3 heteroatoms. The highest BCUT2D eigenvalue weighted by molar-refractivity contribution is 5.90. The van der Waals surface area contributed by atoms with Crippen LogP contribution in [-0.2, 0) is 0 Å². The van der Waals surface area contributed by atoms with Crippen molar-refractivity contribution in [3.8, 4) is 0 Å². The van der Waals surface area contributed by atoms with Crippen LogP contribution in [0.5, 0.6) is 0 Å². The summed E-state index contributed by atoms with van der Waals surface area (Å²) in [5.74, 6) is 1.08. The molecule has 0 saturated carbocycles. The van der Waals surface area contributed by atoms with Crippen LogP contribution in [0.3, 0.4) is 0 Å². The Kier molecular flexibility index (Phi) is 1.38. The van der Waals surface area contributed by atoms with E-state index in [4.69, 9.17) is 0 Å². The van der Waals surface area contributed by atoms with E-state index < -0.39 is 0 Å². The highest BCUT2D eigenvalue weighted by Crippen LogP contribution is 2.18. The Labute approximate surface area is 62.3 Å². The van der Waals surface area contributed by atoms with Crippen molar-refractivity contribution in [1.29, 1.82) is 0 Å². The molecular formula is C7H15N3. The first-order chi connectivity index (χ1) is 4.42. The van der Waals surface area contributed by atoms with E-state index in [9.17, 15) is 0 Å². The molecule has 0 amide bonds. The van der Waals surface area contributed by atoms with Gasteiger partial charge in [-0.05, 0) is 20.8 Å². The van der Waals surface area contributed by atoms with Gasteiger partial charge in [0.1, 0.15) is 0 Å². The van der Waals surface area contributed by atoms with Crippen LogP contribution in [0.15, 0.2) is 4.99 Å². The fourth-order valence-electron chi connectivity index (χ4n) is 0.746. The fraction of sp³-hybridized carbons (Fsp3) is 0.857. The second kappa shape index (κ2) is 1.87. The highest BCUT2D eigenvalue weighted by atomic mass is 15.8. The van der Waals surface area contributed by atoms with Crippen molar-refractivity contribution in [2.24, 2.45) is 4.99 Å². The van der Waals surface area contributed by atoms with Crippen LogP contribution < -0.4 is 0 Å². The lowest BCUT2D eigenvalue weighted by molar-refractivity contribution is 0.412. The number of hydrogen-bond acceptors (Lipinski definition) is 1. The zero-order valence-corrected chi connectivity index (χ0v) is 7.34. The molecule has 1 saturated heterocycles. The molecular weight excluding hydrogens is 126 g/mol. The number of nitrogens with zero attached hydrogens (tertiary/aromatic N) is 3. The van der Waals surface area contributed by atoms with Gasteiger partial charge in [0, 0.05) is 14.1 Å². The SMILES string of the molecule is CN1C(=NC(C)(C)C)N1C. The molecule has 58 valence electrons. The second-order valence-corrected chi connectivity index (χ2v) is 3.63. The predicted molar refractivity (Wildman–Crippen MR) is 42.7 cm³/mol. The topological polar surface area (TPSA) is 18.4 Å². The molecule has 1 aliphatic rings. The predicted octanol–water partition coefficient (Wildman–Crippen LogP) is 0.933. The molecule has 1 heterocycles. The van der Waals surface area contributed by atoms with Gasteiger partial charge in [-0.2, -0.15) is 0 Å². The lowest BCUT2D eigenvalue weighted by atomic mass is 10.1. The molecule has 0 bridgehead atoms. The maximum absolute atomic E-state index is 4.45. The van der Waals surface area contributed by atoms with E-state index in [1.54, 1.807) is 0 Å². The van der Waals surface area contributed by atoms with Gasteiger partial charge in [0.15, 0.2) is 0 Å². The molecule has 0 atom stereocenters. The van der Waals surface area contributed by atoms with E-state index in [-0.39, 0.29) is 5.54 Å². The Morgan fingerprint density at radius 3 is 1.60 bits per heavy atom. The number of hydrogen-bond donors (Lipinski definition) is 0. The van der Waals surface area contributed by atoms with E-state index in [0.29, 0.717) is 0 Å².